The summed E-state index contributed by atoms with van der Waals surface area (Å²) in [5, 5.41) is 0. The van der Waals surface area contributed by atoms with Gasteiger partial charge < -0.3 is 14.5 Å². The van der Waals surface area contributed by atoms with Crippen LogP contribution in [0.15, 0.2) is 18.2 Å². The molecule has 0 saturated carbocycles. The minimum Gasteiger partial charge on any atom is -0.496 e. The van der Waals surface area contributed by atoms with E-state index in [4.69, 9.17) is 4.74 Å². The number of carbonyl (C=O) groups is 1. The number of carbonyl (C=O) groups excluding carboxylic acids is 1. The van der Waals surface area contributed by atoms with E-state index in [1.54, 1.807) is 30.0 Å². The highest BCUT2D eigenvalue weighted by molar-refractivity contribution is 5.77. The van der Waals surface area contributed by atoms with Crippen molar-refractivity contribution in [1.82, 2.24) is 9.80 Å². The predicted octanol–water partition coefficient (Wildman–Crippen LogP) is 1.87. The zero-order valence-corrected chi connectivity index (χ0v) is 10.1. The Hall–Kier alpha value is -1.78. The summed E-state index contributed by atoms with van der Waals surface area (Å²) < 4.78 is 18.5. The maximum atomic E-state index is 13.3. The molecule has 2 amide bonds. The average Bonchev–Trinajstić information content (AvgIpc) is 2.57. The molecule has 1 aliphatic rings. The Morgan fingerprint density at radius 2 is 2.12 bits per heavy atom. The maximum absolute atomic E-state index is 13.3. The maximum Gasteiger partial charge on any atom is 0.320 e. The molecule has 1 aromatic rings. The molecule has 1 atom stereocenters. The average molecular weight is 238 g/mol. The number of likely N-dealkylation sites (N-methyl/N-ethyl adjacent to an activating group) is 2. The van der Waals surface area contributed by atoms with Crippen LogP contribution >= 0.6 is 0 Å². The van der Waals surface area contributed by atoms with E-state index < -0.39 is 0 Å². The number of benzene rings is 1. The highest BCUT2D eigenvalue weighted by atomic mass is 19.1. The van der Waals surface area contributed by atoms with E-state index in [0.717, 1.165) is 0 Å². The highest BCUT2D eigenvalue weighted by Gasteiger charge is 2.34. The Kier molecular flexibility index (Phi) is 2.92. The van der Waals surface area contributed by atoms with E-state index >= 15 is 0 Å². The van der Waals surface area contributed by atoms with E-state index in [1.165, 1.54) is 19.2 Å². The second-order valence-electron chi connectivity index (χ2n) is 4.18. The van der Waals surface area contributed by atoms with Gasteiger partial charge in [-0.2, -0.15) is 0 Å². The van der Waals surface area contributed by atoms with Crippen LogP contribution in [-0.2, 0) is 0 Å². The summed E-state index contributed by atoms with van der Waals surface area (Å²) in [6.45, 7) is 0.537. The molecule has 1 heterocycles. The Balaban J connectivity index is 2.40. The van der Waals surface area contributed by atoms with Crippen molar-refractivity contribution in [3.63, 3.8) is 0 Å². The minimum atomic E-state index is -0.323. The lowest BCUT2D eigenvalue weighted by Crippen LogP contribution is -2.26. The number of nitrogens with zero attached hydrogens (tertiary/aromatic N) is 2. The van der Waals surface area contributed by atoms with Crippen LogP contribution < -0.4 is 4.74 Å². The Labute approximate surface area is 99.6 Å². The van der Waals surface area contributed by atoms with Crippen LogP contribution in [0.1, 0.15) is 11.6 Å². The molecule has 2 rings (SSSR count). The van der Waals surface area contributed by atoms with Crippen LogP contribution in [0, 0.1) is 5.82 Å². The van der Waals surface area contributed by atoms with Crippen LogP contribution in [0.25, 0.3) is 0 Å². The van der Waals surface area contributed by atoms with E-state index in [2.05, 4.69) is 0 Å². The normalized spacial score (nSPS) is 20.0. The molecule has 0 aliphatic carbocycles. The summed E-state index contributed by atoms with van der Waals surface area (Å²) in [5.74, 6) is 0.280. The third kappa shape index (κ3) is 1.92. The number of ether oxygens (including phenoxy) is 1. The first-order valence-electron chi connectivity index (χ1n) is 5.36. The van der Waals surface area contributed by atoms with Crippen molar-refractivity contribution < 1.29 is 13.9 Å². The molecule has 1 saturated heterocycles. The molecule has 0 radical (unpaired) electrons. The summed E-state index contributed by atoms with van der Waals surface area (Å²) >= 11 is 0. The molecule has 17 heavy (non-hydrogen) atoms. The Bertz CT molecular complexity index is 450. The van der Waals surface area contributed by atoms with E-state index in [0.29, 0.717) is 17.9 Å². The molecule has 0 aromatic heterocycles. The first-order valence-corrected chi connectivity index (χ1v) is 5.36. The number of methoxy groups -OCH3 is 1. The van der Waals surface area contributed by atoms with Crippen molar-refractivity contribution in [2.75, 3.05) is 27.7 Å². The molecule has 4 nitrogen and oxygen atoms in total. The third-order valence-corrected chi connectivity index (χ3v) is 3.09. The Morgan fingerprint density at radius 1 is 1.41 bits per heavy atom. The van der Waals surface area contributed by atoms with Crippen LogP contribution in [0.3, 0.4) is 0 Å². The van der Waals surface area contributed by atoms with Gasteiger partial charge in [0.2, 0.25) is 0 Å². The zero-order chi connectivity index (χ0) is 12.6. The standard InChI is InChI=1S/C12H15FN2O2/c1-14-7-10(15(2)12(14)16)9-6-8(13)4-5-11(9)17-3/h4-6,10H,7H2,1-3H3. The smallest absolute Gasteiger partial charge is 0.320 e. The molecule has 0 N–H and O–H groups in total. The number of halogens is 1. The number of hydrogen-bond donors (Lipinski definition) is 0. The second kappa shape index (κ2) is 4.24. The highest BCUT2D eigenvalue weighted by Crippen LogP contribution is 2.33. The molecule has 92 valence electrons. The third-order valence-electron chi connectivity index (χ3n) is 3.09. The topological polar surface area (TPSA) is 32.8 Å². The fourth-order valence-corrected chi connectivity index (χ4v) is 2.14. The molecule has 1 aliphatic heterocycles. The van der Waals surface area contributed by atoms with E-state index in [-0.39, 0.29) is 17.9 Å². The molecule has 1 unspecified atom stereocenters. The van der Waals surface area contributed by atoms with Gasteiger partial charge in [0.1, 0.15) is 11.6 Å². The summed E-state index contributed by atoms with van der Waals surface area (Å²) in [5.41, 5.74) is 0.702. The van der Waals surface area contributed by atoms with Crippen LogP contribution in [-0.4, -0.2) is 43.6 Å². The summed E-state index contributed by atoms with van der Waals surface area (Å²) in [6, 6.07) is 4.12. The van der Waals surface area contributed by atoms with Crippen molar-refractivity contribution >= 4 is 6.03 Å². The number of rotatable bonds is 2. The summed E-state index contributed by atoms with van der Waals surface area (Å²) in [7, 11) is 4.97. The van der Waals surface area contributed by atoms with Crippen LogP contribution in [0.5, 0.6) is 5.75 Å². The first-order chi connectivity index (χ1) is 8.04. The van der Waals surface area contributed by atoms with Gasteiger partial charge in [-0.25, -0.2) is 9.18 Å². The zero-order valence-electron chi connectivity index (χ0n) is 10.1. The van der Waals surface area contributed by atoms with Gasteiger partial charge in [0.25, 0.3) is 0 Å². The van der Waals surface area contributed by atoms with Gasteiger partial charge in [0.15, 0.2) is 0 Å². The fourth-order valence-electron chi connectivity index (χ4n) is 2.14. The van der Waals surface area contributed by atoms with E-state index in [9.17, 15) is 9.18 Å². The van der Waals surface area contributed by atoms with Gasteiger partial charge in [-0.3, -0.25) is 0 Å². The van der Waals surface area contributed by atoms with Gasteiger partial charge >= 0.3 is 6.03 Å². The number of amides is 2. The molecule has 1 aromatic carbocycles. The molecular weight excluding hydrogens is 223 g/mol. The SMILES string of the molecule is COc1ccc(F)cc1C1CN(C)C(=O)N1C. The summed E-state index contributed by atoms with van der Waals surface area (Å²) in [6.07, 6.45) is 0. The minimum absolute atomic E-state index is 0.0682. The van der Waals surface area contributed by atoms with Crippen molar-refractivity contribution in [3.05, 3.63) is 29.6 Å². The quantitative estimate of drug-likeness (QED) is 0.788. The van der Waals surface area contributed by atoms with Crippen molar-refractivity contribution in [1.29, 1.82) is 0 Å². The van der Waals surface area contributed by atoms with Crippen LogP contribution in [0.2, 0.25) is 0 Å². The molecule has 1 fully saturated rings. The summed E-state index contributed by atoms with van der Waals surface area (Å²) in [4.78, 5) is 14.9. The van der Waals surface area contributed by atoms with Crippen molar-refractivity contribution in [2.45, 2.75) is 6.04 Å². The Morgan fingerprint density at radius 3 is 2.65 bits per heavy atom. The lowest BCUT2D eigenvalue weighted by molar-refractivity contribution is 0.201. The van der Waals surface area contributed by atoms with E-state index in [1.807, 2.05) is 0 Å². The lowest BCUT2D eigenvalue weighted by atomic mass is 10.1. The second-order valence-corrected chi connectivity index (χ2v) is 4.18. The van der Waals surface area contributed by atoms with Gasteiger partial charge in [-0.1, -0.05) is 0 Å². The number of hydrogen-bond acceptors (Lipinski definition) is 2. The van der Waals surface area contributed by atoms with Crippen molar-refractivity contribution in [3.8, 4) is 5.75 Å². The monoisotopic (exact) mass is 238 g/mol. The molecule has 0 spiro atoms. The van der Waals surface area contributed by atoms with Crippen molar-refractivity contribution in [2.24, 2.45) is 0 Å². The largest absolute Gasteiger partial charge is 0.496 e. The lowest BCUT2D eigenvalue weighted by Gasteiger charge is -2.20. The van der Waals surface area contributed by atoms with Gasteiger partial charge in [-0.05, 0) is 18.2 Å². The van der Waals surface area contributed by atoms with Gasteiger partial charge in [0.05, 0.1) is 13.2 Å². The molecule has 5 heteroatoms. The molecule has 0 bridgehead atoms. The van der Waals surface area contributed by atoms with Gasteiger partial charge in [0, 0.05) is 26.2 Å². The molecular formula is C12H15FN2O2. The van der Waals surface area contributed by atoms with Crippen LogP contribution in [0.4, 0.5) is 9.18 Å². The predicted molar refractivity (Wildman–Crippen MR) is 61.5 cm³/mol. The first kappa shape index (κ1) is 11.7. The van der Waals surface area contributed by atoms with Gasteiger partial charge in [-0.15, -0.1) is 0 Å². The number of urea groups is 1. The fraction of sp³-hybridized carbons (Fsp3) is 0.417.